The molecule has 0 N–H and O–H groups in total. The van der Waals surface area contributed by atoms with E-state index in [0.717, 1.165) is 67.2 Å². The van der Waals surface area contributed by atoms with Crippen LogP contribution in [0.25, 0.3) is 16.7 Å². The molecule has 32 heavy (non-hydrogen) atoms. The van der Waals surface area contributed by atoms with Gasteiger partial charge < -0.3 is 14.2 Å². The molecule has 0 aliphatic carbocycles. The molecule has 168 valence electrons. The second kappa shape index (κ2) is 9.17. The number of carbonyl (C=O) groups excluding carboxylic acids is 1. The Morgan fingerprint density at radius 2 is 1.62 bits per heavy atom. The number of amides is 1. The molecule has 0 bridgehead atoms. The van der Waals surface area contributed by atoms with Gasteiger partial charge in [-0.2, -0.15) is 0 Å². The van der Waals surface area contributed by atoms with Crippen molar-refractivity contribution in [2.45, 2.75) is 26.4 Å². The van der Waals surface area contributed by atoms with Crippen LogP contribution in [-0.2, 0) is 16.2 Å². The monoisotopic (exact) mass is 450 g/mol. The summed E-state index contributed by atoms with van der Waals surface area (Å²) >= 11 is 5.95. The molecule has 0 spiro atoms. The average molecular weight is 451 g/mol. The molecular weight excluding hydrogens is 420 g/mol. The molecule has 6 nitrogen and oxygen atoms in total. The molecule has 1 amide bonds. The number of aryl methyl sites for hydroxylation is 1. The molecular formula is C25H30N4O2S. The fourth-order valence-electron chi connectivity index (χ4n) is 4.85. The topological polar surface area (TPSA) is 42.6 Å². The summed E-state index contributed by atoms with van der Waals surface area (Å²) < 4.78 is 10.6. The van der Waals surface area contributed by atoms with Crippen LogP contribution in [0.15, 0.2) is 48.5 Å². The van der Waals surface area contributed by atoms with E-state index >= 15 is 0 Å². The first kappa shape index (κ1) is 21.4. The Kier molecular flexibility index (Phi) is 6.13. The van der Waals surface area contributed by atoms with Gasteiger partial charge in [-0.05, 0) is 56.2 Å². The maximum Gasteiger partial charge on any atom is 0.225 e. The van der Waals surface area contributed by atoms with E-state index in [9.17, 15) is 4.79 Å². The highest BCUT2D eigenvalue weighted by molar-refractivity contribution is 7.71. The number of ether oxygens (including phenoxy) is 1. The lowest BCUT2D eigenvalue weighted by molar-refractivity contribution is -0.141. The summed E-state index contributed by atoms with van der Waals surface area (Å²) in [5.74, 6) is 0.437. The van der Waals surface area contributed by atoms with E-state index in [2.05, 4.69) is 69.5 Å². The van der Waals surface area contributed by atoms with Crippen molar-refractivity contribution >= 4 is 29.2 Å². The number of fused-ring (bicyclic) bond motifs is 1. The lowest BCUT2D eigenvalue weighted by Crippen LogP contribution is -2.46. The molecule has 3 aromatic rings. The van der Waals surface area contributed by atoms with Crippen molar-refractivity contribution in [2.24, 2.45) is 5.92 Å². The summed E-state index contributed by atoms with van der Waals surface area (Å²) in [7, 11) is 0. The second-order valence-electron chi connectivity index (χ2n) is 8.84. The number of imidazole rings is 1. The SMILES string of the molecule is Cc1ccc(-n2c(=S)n(CN3CCC(C(=O)N4CCOCC4)CC3)c3ccccc32)cc1. The quantitative estimate of drug-likeness (QED) is 0.564. The minimum atomic E-state index is 0.131. The van der Waals surface area contributed by atoms with Crippen molar-refractivity contribution in [2.75, 3.05) is 39.4 Å². The van der Waals surface area contributed by atoms with Crippen LogP contribution in [0.2, 0.25) is 0 Å². The Hall–Kier alpha value is -2.48. The summed E-state index contributed by atoms with van der Waals surface area (Å²) in [5.41, 5.74) is 4.59. The first-order valence-corrected chi connectivity index (χ1v) is 11.9. The Labute approximate surface area is 194 Å². The van der Waals surface area contributed by atoms with Crippen molar-refractivity contribution in [3.63, 3.8) is 0 Å². The van der Waals surface area contributed by atoms with Gasteiger partial charge in [0.05, 0.1) is 30.9 Å². The van der Waals surface area contributed by atoms with Crippen molar-refractivity contribution < 1.29 is 9.53 Å². The van der Waals surface area contributed by atoms with E-state index in [1.807, 2.05) is 4.90 Å². The largest absolute Gasteiger partial charge is 0.378 e. The number of likely N-dealkylation sites (tertiary alicyclic amines) is 1. The summed E-state index contributed by atoms with van der Waals surface area (Å²) in [6.45, 7) is 7.44. The molecule has 0 radical (unpaired) electrons. The van der Waals surface area contributed by atoms with Crippen LogP contribution in [0.4, 0.5) is 0 Å². The Morgan fingerprint density at radius 1 is 0.969 bits per heavy atom. The molecule has 0 unspecified atom stereocenters. The number of morpholine rings is 1. The fraction of sp³-hybridized carbons (Fsp3) is 0.440. The zero-order valence-corrected chi connectivity index (χ0v) is 19.4. The Balaban J connectivity index is 1.34. The molecule has 2 aromatic carbocycles. The normalized spacial score (nSPS) is 18.3. The van der Waals surface area contributed by atoms with Gasteiger partial charge in [0, 0.05) is 37.8 Å². The number of aromatic nitrogens is 2. The smallest absolute Gasteiger partial charge is 0.225 e. The highest BCUT2D eigenvalue weighted by atomic mass is 32.1. The molecule has 2 saturated heterocycles. The van der Waals surface area contributed by atoms with Crippen LogP contribution in [-0.4, -0.2) is 64.2 Å². The van der Waals surface area contributed by atoms with Gasteiger partial charge in [-0.1, -0.05) is 29.8 Å². The van der Waals surface area contributed by atoms with Crippen LogP contribution in [0.3, 0.4) is 0 Å². The number of hydrogen-bond donors (Lipinski definition) is 0. The average Bonchev–Trinajstić information content (AvgIpc) is 3.11. The first-order valence-electron chi connectivity index (χ1n) is 11.5. The number of carbonyl (C=O) groups is 1. The Bertz CT molecular complexity index is 1150. The van der Waals surface area contributed by atoms with E-state index in [1.54, 1.807) is 0 Å². The second-order valence-corrected chi connectivity index (χ2v) is 9.21. The number of rotatable bonds is 4. The minimum Gasteiger partial charge on any atom is -0.378 e. The van der Waals surface area contributed by atoms with Crippen LogP contribution in [0.1, 0.15) is 18.4 Å². The third-order valence-electron chi connectivity index (χ3n) is 6.73. The van der Waals surface area contributed by atoms with Crippen LogP contribution < -0.4 is 0 Å². The number of piperidine rings is 1. The fourth-order valence-corrected chi connectivity index (χ4v) is 5.21. The predicted octanol–water partition coefficient (Wildman–Crippen LogP) is 4.00. The van der Waals surface area contributed by atoms with Crippen molar-refractivity contribution in [3.8, 4) is 5.69 Å². The minimum absolute atomic E-state index is 0.131. The van der Waals surface area contributed by atoms with E-state index < -0.39 is 0 Å². The van der Waals surface area contributed by atoms with Gasteiger partial charge in [0.15, 0.2) is 4.77 Å². The number of nitrogens with zero attached hydrogens (tertiary/aromatic N) is 4. The highest BCUT2D eigenvalue weighted by Crippen LogP contribution is 2.25. The lowest BCUT2D eigenvalue weighted by Gasteiger charge is -2.35. The van der Waals surface area contributed by atoms with Crippen LogP contribution in [0.5, 0.6) is 0 Å². The third-order valence-corrected chi connectivity index (χ3v) is 7.13. The molecule has 3 heterocycles. The van der Waals surface area contributed by atoms with Crippen LogP contribution >= 0.6 is 12.2 Å². The summed E-state index contributed by atoms with van der Waals surface area (Å²) in [6.07, 6.45) is 1.81. The number of benzene rings is 2. The van der Waals surface area contributed by atoms with E-state index in [4.69, 9.17) is 17.0 Å². The molecule has 5 rings (SSSR count). The molecule has 1 aromatic heterocycles. The maximum absolute atomic E-state index is 12.9. The molecule has 0 saturated carbocycles. The van der Waals surface area contributed by atoms with Gasteiger partial charge in [-0.15, -0.1) is 0 Å². The molecule has 2 aliphatic rings. The van der Waals surface area contributed by atoms with E-state index in [1.165, 1.54) is 5.56 Å². The predicted molar refractivity (Wildman–Crippen MR) is 129 cm³/mol. The molecule has 7 heteroatoms. The summed E-state index contributed by atoms with van der Waals surface area (Å²) in [4.78, 5) is 17.3. The summed E-state index contributed by atoms with van der Waals surface area (Å²) in [6, 6.07) is 16.9. The number of hydrogen-bond acceptors (Lipinski definition) is 4. The zero-order valence-electron chi connectivity index (χ0n) is 18.6. The third kappa shape index (κ3) is 4.12. The number of para-hydroxylation sites is 2. The molecule has 2 aliphatic heterocycles. The maximum atomic E-state index is 12.9. The van der Waals surface area contributed by atoms with Gasteiger partial charge in [0.2, 0.25) is 5.91 Å². The lowest BCUT2D eigenvalue weighted by atomic mass is 9.95. The van der Waals surface area contributed by atoms with E-state index in [0.29, 0.717) is 19.1 Å². The van der Waals surface area contributed by atoms with Crippen LogP contribution in [0, 0.1) is 17.6 Å². The van der Waals surface area contributed by atoms with Gasteiger partial charge in [-0.25, -0.2) is 0 Å². The van der Waals surface area contributed by atoms with E-state index in [-0.39, 0.29) is 5.92 Å². The van der Waals surface area contributed by atoms with Crippen molar-refractivity contribution in [1.29, 1.82) is 0 Å². The molecule has 0 atom stereocenters. The first-order chi connectivity index (χ1) is 15.6. The van der Waals surface area contributed by atoms with Gasteiger partial charge in [0.1, 0.15) is 0 Å². The van der Waals surface area contributed by atoms with Gasteiger partial charge in [-0.3, -0.25) is 14.3 Å². The van der Waals surface area contributed by atoms with Crippen molar-refractivity contribution in [1.82, 2.24) is 18.9 Å². The summed E-state index contributed by atoms with van der Waals surface area (Å²) in [5, 5.41) is 0. The van der Waals surface area contributed by atoms with Gasteiger partial charge >= 0.3 is 0 Å². The van der Waals surface area contributed by atoms with Gasteiger partial charge in [0.25, 0.3) is 0 Å². The zero-order chi connectivity index (χ0) is 22.1. The molecule has 2 fully saturated rings. The Morgan fingerprint density at radius 3 is 2.31 bits per heavy atom. The standard InChI is InChI=1S/C25H30N4O2S/c1-19-6-8-21(9-7-19)29-23-5-3-2-4-22(23)28(25(29)32)18-26-12-10-20(11-13-26)24(30)27-14-16-31-17-15-27/h2-9,20H,10-18H2,1H3. The highest BCUT2D eigenvalue weighted by Gasteiger charge is 2.29. The van der Waals surface area contributed by atoms with Crippen molar-refractivity contribution in [3.05, 3.63) is 58.9 Å².